The number of nitrogens with one attached hydrogen (secondary N) is 1. The van der Waals surface area contributed by atoms with Crippen molar-refractivity contribution >= 4 is 5.91 Å². The fraction of sp³-hybridized carbons (Fsp3) is 0.471. The van der Waals surface area contributed by atoms with Gasteiger partial charge in [-0.2, -0.15) is 5.10 Å². The quantitative estimate of drug-likeness (QED) is 0.853. The Morgan fingerprint density at radius 2 is 2.09 bits per heavy atom. The molecule has 3 rings (SSSR count). The Morgan fingerprint density at radius 3 is 2.70 bits per heavy atom. The molecular formula is C17H22N4O2. The van der Waals surface area contributed by atoms with Crippen LogP contribution in [-0.4, -0.2) is 27.3 Å². The maximum atomic E-state index is 12.5. The summed E-state index contributed by atoms with van der Waals surface area (Å²) in [6.07, 6.45) is 3.78. The van der Waals surface area contributed by atoms with Crippen molar-refractivity contribution in [1.29, 1.82) is 0 Å². The molecule has 0 unspecified atom stereocenters. The fourth-order valence-electron chi connectivity index (χ4n) is 2.67. The predicted molar refractivity (Wildman–Crippen MR) is 86.2 cm³/mol. The monoisotopic (exact) mass is 314 g/mol. The van der Waals surface area contributed by atoms with Gasteiger partial charge in [0.1, 0.15) is 17.9 Å². The predicted octanol–water partition coefficient (Wildman–Crippen LogP) is 2.58. The number of aryl methyl sites for hydroxylation is 1. The minimum Gasteiger partial charge on any atom is -0.494 e. The van der Waals surface area contributed by atoms with Gasteiger partial charge in [-0.05, 0) is 56.9 Å². The van der Waals surface area contributed by atoms with E-state index in [1.165, 1.54) is 0 Å². The lowest BCUT2D eigenvalue weighted by Gasteiger charge is -2.18. The zero-order valence-corrected chi connectivity index (χ0v) is 13.5. The Kier molecular flexibility index (Phi) is 4.60. The average Bonchev–Trinajstić information content (AvgIpc) is 3.30. The Labute approximate surface area is 135 Å². The van der Waals surface area contributed by atoms with Crippen molar-refractivity contribution in [3.8, 4) is 5.75 Å². The number of hydrogen-bond acceptors (Lipinski definition) is 4. The average molecular weight is 314 g/mol. The molecule has 1 saturated carbocycles. The smallest absolute Gasteiger partial charge is 0.251 e. The Morgan fingerprint density at radius 1 is 1.35 bits per heavy atom. The number of nitrogens with zero attached hydrogens (tertiary/aromatic N) is 3. The van der Waals surface area contributed by atoms with Crippen LogP contribution >= 0.6 is 0 Å². The number of hydrogen-bond donors (Lipinski definition) is 1. The van der Waals surface area contributed by atoms with Crippen LogP contribution in [0, 0.1) is 5.92 Å². The summed E-state index contributed by atoms with van der Waals surface area (Å²) in [6.45, 7) is 5.32. The summed E-state index contributed by atoms with van der Waals surface area (Å²) in [5.74, 6) is 1.98. The van der Waals surface area contributed by atoms with Gasteiger partial charge in [0, 0.05) is 12.1 Å². The molecule has 23 heavy (non-hydrogen) atoms. The molecule has 1 heterocycles. The molecule has 0 spiro atoms. The second-order valence-corrected chi connectivity index (χ2v) is 5.68. The summed E-state index contributed by atoms with van der Waals surface area (Å²) in [5, 5.41) is 7.34. The number of amides is 1. The van der Waals surface area contributed by atoms with Gasteiger partial charge >= 0.3 is 0 Å². The molecular weight excluding hydrogens is 292 g/mol. The second-order valence-electron chi connectivity index (χ2n) is 5.68. The van der Waals surface area contributed by atoms with Crippen molar-refractivity contribution in [2.45, 2.75) is 39.3 Å². The standard InChI is InChI=1S/C17H22N4O2/c1-3-21-16(18-11-19-21)15(12-5-6-12)20-17(22)13-7-9-14(10-8-13)23-4-2/h7-12,15H,3-6H2,1-2H3,(H,20,22)/t15-/m0/s1. The lowest BCUT2D eigenvalue weighted by atomic mass is 10.1. The van der Waals surface area contributed by atoms with Gasteiger partial charge < -0.3 is 10.1 Å². The van der Waals surface area contributed by atoms with Crippen LogP contribution in [-0.2, 0) is 6.54 Å². The molecule has 6 nitrogen and oxygen atoms in total. The zero-order chi connectivity index (χ0) is 16.2. The number of ether oxygens (including phenoxy) is 1. The molecule has 1 aromatic carbocycles. The minimum absolute atomic E-state index is 0.0727. The highest BCUT2D eigenvalue weighted by atomic mass is 16.5. The first kappa shape index (κ1) is 15.5. The van der Waals surface area contributed by atoms with Gasteiger partial charge in [-0.25, -0.2) is 9.67 Å². The van der Waals surface area contributed by atoms with Crippen molar-refractivity contribution in [3.63, 3.8) is 0 Å². The van der Waals surface area contributed by atoms with E-state index in [1.54, 1.807) is 18.5 Å². The molecule has 1 N–H and O–H groups in total. The summed E-state index contributed by atoms with van der Waals surface area (Å²) in [7, 11) is 0. The van der Waals surface area contributed by atoms with Crippen LogP contribution < -0.4 is 10.1 Å². The molecule has 6 heteroatoms. The van der Waals surface area contributed by atoms with E-state index in [9.17, 15) is 4.79 Å². The van der Waals surface area contributed by atoms with E-state index >= 15 is 0 Å². The second kappa shape index (κ2) is 6.81. The molecule has 0 aliphatic heterocycles. The van der Waals surface area contributed by atoms with Crippen LogP contribution in [0.15, 0.2) is 30.6 Å². The number of aromatic nitrogens is 3. The van der Waals surface area contributed by atoms with Gasteiger partial charge in [0.25, 0.3) is 5.91 Å². The maximum Gasteiger partial charge on any atom is 0.251 e. The van der Waals surface area contributed by atoms with Crippen LogP contribution in [0.4, 0.5) is 0 Å². The largest absolute Gasteiger partial charge is 0.494 e. The van der Waals surface area contributed by atoms with Crippen molar-refractivity contribution in [1.82, 2.24) is 20.1 Å². The van der Waals surface area contributed by atoms with Crippen molar-refractivity contribution < 1.29 is 9.53 Å². The van der Waals surface area contributed by atoms with Gasteiger partial charge in [0.15, 0.2) is 0 Å². The molecule has 1 fully saturated rings. The highest BCUT2D eigenvalue weighted by Gasteiger charge is 2.36. The summed E-state index contributed by atoms with van der Waals surface area (Å²) >= 11 is 0. The van der Waals surface area contributed by atoms with E-state index in [-0.39, 0.29) is 11.9 Å². The van der Waals surface area contributed by atoms with E-state index in [0.717, 1.165) is 31.0 Å². The van der Waals surface area contributed by atoms with E-state index in [4.69, 9.17) is 4.74 Å². The third kappa shape index (κ3) is 3.52. The summed E-state index contributed by atoms with van der Waals surface area (Å²) in [6, 6.07) is 7.14. The number of rotatable bonds is 7. The fourth-order valence-corrected chi connectivity index (χ4v) is 2.67. The molecule has 1 aliphatic carbocycles. The number of carbonyl (C=O) groups excluding carboxylic acids is 1. The molecule has 1 aliphatic rings. The lowest BCUT2D eigenvalue weighted by molar-refractivity contribution is 0.0928. The Bertz CT molecular complexity index is 661. The molecule has 1 atom stereocenters. The first-order valence-corrected chi connectivity index (χ1v) is 8.14. The molecule has 0 radical (unpaired) electrons. The van der Waals surface area contributed by atoms with Crippen LogP contribution in [0.25, 0.3) is 0 Å². The van der Waals surface area contributed by atoms with Crippen molar-refractivity contribution in [2.75, 3.05) is 6.61 Å². The third-order valence-corrected chi connectivity index (χ3v) is 4.03. The normalized spacial score (nSPS) is 15.2. The highest BCUT2D eigenvalue weighted by Crippen LogP contribution is 2.40. The molecule has 1 aromatic heterocycles. The summed E-state index contributed by atoms with van der Waals surface area (Å²) in [4.78, 5) is 16.9. The Hall–Kier alpha value is -2.37. The SMILES string of the molecule is CCOc1ccc(C(=O)N[C@H](c2ncnn2CC)C2CC2)cc1. The van der Waals surface area contributed by atoms with Gasteiger partial charge in [-0.3, -0.25) is 4.79 Å². The number of carbonyl (C=O) groups is 1. The van der Waals surface area contributed by atoms with E-state index in [2.05, 4.69) is 15.4 Å². The van der Waals surface area contributed by atoms with Crippen LogP contribution in [0.2, 0.25) is 0 Å². The molecule has 2 aromatic rings. The van der Waals surface area contributed by atoms with Gasteiger partial charge in [-0.1, -0.05) is 0 Å². The first-order chi connectivity index (χ1) is 11.2. The van der Waals surface area contributed by atoms with Gasteiger partial charge in [0.05, 0.1) is 12.6 Å². The highest BCUT2D eigenvalue weighted by molar-refractivity contribution is 5.94. The van der Waals surface area contributed by atoms with E-state index < -0.39 is 0 Å². The van der Waals surface area contributed by atoms with Crippen LogP contribution in [0.3, 0.4) is 0 Å². The maximum absolute atomic E-state index is 12.5. The van der Waals surface area contributed by atoms with Gasteiger partial charge in [0.2, 0.25) is 0 Å². The van der Waals surface area contributed by atoms with E-state index in [0.29, 0.717) is 18.1 Å². The van der Waals surface area contributed by atoms with Crippen LogP contribution in [0.5, 0.6) is 5.75 Å². The minimum atomic E-state index is -0.0874. The van der Waals surface area contributed by atoms with Crippen molar-refractivity contribution in [2.24, 2.45) is 5.92 Å². The topological polar surface area (TPSA) is 69.0 Å². The molecule has 0 saturated heterocycles. The summed E-state index contributed by atoms with van der Waals surface area (Å²) in [5.41, 5.74) is 0.627. The third-order valence-electron chi connectivity index (χ3n) is 4.03. The zero-order valence-electron chi connectivity index (χ0n) is 13.5. The lowest BCUT2D eigenvalue weighted by Crippen LogP contribution is -2.32. The molecule has 0 bridgehead atoms. The Balaban J connectivity index is 1.74. The first-order valence-electron chi connectivity index (χ1n) is 8.14. The molecule has 1 amide bonds. The summed E-state index contributed by atoms with van der Waals surface area (Å²) < 4.78 is 7.25. The molecule has 122 valence electrons. The van der Waals surface area contributed by atoms with Crippen molar-refractivity contribution in [3.05, 3.63) is 42.0 Å². The van der Waals surface area contributed by atoms with Crippen LogP contribution in [0.1, 0.15) is 48.9 Å². The van der Waals surface area contributed by atoms with E-state index in [1.807, 2.05) is 30.7 Å². The van der Waals surface area contributed by atoms with Gasteiger partial charge in [-0.15, -0.1) is 0 Å². The number of benzene rings is 1.